The summed E-state index contributed by atoms with van der Waals surface area (Å²) in [6.45, 7) is 9.91. The molecular formula is C19H29N3O3. The molecule has 138 valence electrons. The molecule has 2 aliphatic rings. The van der Waals surface area contributed by atoms with E-state index in [-0.39, 0.29) is 17.9 Å². The van der Waals surface area contributed by atoms with Crippen molar-refractivity contribution >= 4 is 11.8 Å². The van der Waals surface area contributed by atoms with Crippen molar-refractivity contribution in [3.8, 4) is 0 Å². The van der Waals surface area contributed by atoms with E-state index < -0.39 is 0 Å². The summed E-state index contributed by atoms with van der Waals surface area (Å²) in [5.41, 5.74) is 1.28. The Kier molecular flexibility index (Phi) is 5.16. The van der Waals surface area contributed by atoms with Crippen LogP contribution in [0.5, 0.6) is 0 Å². The summed E-state index contributed by atoms with van der Waals surface area (Å²) in [4.78, 5) is 29.7. The summed E-state index contributed by atoms with van der Waals surface area (Å²) in [6.07, 6.45) is 3.49. The van der Waals surface area contributed by atoms with Crippen LogP contribution in [0.25, 0.3) is 0 Å². The molecule has 1 aromatic heterocycles. The summed E-state index contributed by atoms with van der Waals surface area (Å²) < 4.78 is 5.23. The lowest BCUT2D eigenvalue weighted by molar-refractivity contribution is -0.133. The van der Waals surface area contributed by atoms with Gasteiger partial charge in [-0.25, -0.2) is 0 Å². The zero-order chi connectivity index (χ0) is 18.1. The summed E-state index contributed by atoms with van der Waals surface area (Å²) >= 11 is 0. The van der Waals surface area contributed by atoms with Gasteiger partial charge in [0.25, 0.3) is 5.91 Å². The van der Waals surface area contributed by atoms with Gasteiger partial charge in [0, 0.05) is 26.1 Å². The first-order chi connectivity index (χ1) is 11.9. The molecule has 1 aromatic rings. The van der Waals surface area contributed by atoms with Crippen LogP contribution in [0.1, 0.15) is 61.8 Å². The van der Waals surface area contributed by atoms with Crippen molar-refractivity contribution in [2.24, 2.45) is 11.8 Å². The van der Waals surface area contributed by atoms with Gasteiger partial charge in [0.15, 0.2) is 0 Å². The van der Waals surface area contributed by atoms with Crippen LogP contribution in [0, 0.1) is 18.8 Å². The third-order valence-electron chi connectivity index (χ3n) is 5.41. The summed E-state index contributed by atoms with van der Waals surface area (Å²) in [5, 5.41) is 4.01. The second kappa shape index (κ2) is 7.18. The van der Waals surface area contributed by atoms with Crippen molar-refractivity contribution in [1.82, 2.24) is 15.0 Å². The highest BCUT2D eigenvalue weighted by molar-refractivity contribution is 5.96. The minimum Gasteiger partial charge on any atom is -0.361 e. The smallest absolute Gasteiger partial charge is 0.259 e. The largest absolute Gasteiger partial charge is 0.361 e. The number of carbonyl (C=O) groups excluding carboxylic acids is 2. The fraction of sp³-hybridized carbons (Fsp3) is 0.737. The van der Waals surface area contributed by atoms with Crippen LogP contribution in [-0.4, -0.2) is 52.4 Å². The van der Waals surface area contributed by atoms with Crippen LogP contribution in [-0.2, 0) is 11.2 Å². The number of aromatic nitrogens is 1. The van der Waals surface area contributed by atoms with E-state index in [1.165, 1.54) is 12.8 Å². The average Bonchev–Trinajstić information content (AvgIpc) is 3.34. The van der Waals surface area contributed by atoms with Gasteiger partial charge in [-0.15, -0.1) is 0 Å². The van der Waals surface area contributed by atoms with E-state index in [1.807, 2.05) is 16.7 Å². The lowest BCUT2D eigenvalue weighted by Crippen LogP contribution is -2.48. The Morgan fingerprint density at radius 2 is 2.08 bits per heavy atom. The molecule has 0 bridgehead atoms. The van der Waals surface area contributed by atoms with Crippen LogP contribution in [0.15, 0.2) is 4.52 Å². The summed E-state index contributed by atoms with van der Waals surface area (Å²) in [6, 6.07) is 0.0739. The first-order valence-electron chi connectivity index (χ1n) is 9.46. The lowest BCUT2D eigenvalue weighted by atomic mass is 10.0. The van der Waals surface area contributed by atoms with Crippen LogP contribution in [0.3, 0.4) is 0 Å². The Labute approximate surface area is 149 Å². The number of carbonyl (C=O) groups is 2. The molecule has 2 amide bonds. The Balaban J connectivity index is 1.83. The molecule has 3 rings (SSSR count). The second-order valence-corrected chi connectivity index (χ2v) is 7.72. The highest BCUT2D eigenvalue weighted by Crippen LogP contribution is 2.32. The van der Waals surface area contributed by atoms with Crippen molar-refractivity contribution in [1.29, 1.82) is 0 Å². The maximum absolute atomic E-state index is 13.1. The first kappa shape index (κ1) is 18.0. The maximum atomic E-state index is 13.1. The minimum absolute atomic E-state index is 0.0534. The minimum atomic E-state index is -0.0534. The van der Waals surface area contributed by atoms with E-state index in [0.29, 0.717) is 54.8 Å². The number of rotatable bonds is 5. The molecule has 6 nitrogen and oxygen atoms in total. The first-order valence-corrected chi connectivity index (χ1v) is 9.46. The van der Waals surface area contributed by atoms with Crippen LogP contribution < -0.4 is 0 Å². The van der Waals surface area contributed by atoms with Crippen molar-refractivity contribution in [3.05, 3.63) is 17.0 Å². The molecule has 1 aliphatic carbocycles. The molecule has 0 N–H and O–H groups in total. The van der Waals surface area contributed by atoms with Gasteiger partial charge in [-0.3, -0.25) is 9.59 Å². The summed E-state index contributed by atoms with van der Waals surface area (Å²) in [7, 11) is 0. The number of hydrogen-bond acceptors (Lipinski definition) is 4. The standard InChI is InChI=1S/C19H29N3O3/c1-5-15-18(13(4)25-20-15)19(24)21-9-8-17(23)22(10-14-6-7-14)16(11-21)12(2)3/h12,14,16H,5-11H2,1-4H3. The van der Waals surface area contributed by atoms with Gasteiger partial charge in [-0.1, -0.05) is 25.9 Å². The molecule has 1 atom stereocenters. The number of aryl methyl sites for hydroxylation is 2. The Hall–Kier alpha value is -1.85. The van der Waals surface area contributed by atoms with Gasteiger partial charge in [0.05, 0.1) is 11.7 Å². The SMILES string of the molecule is CCc1noc(C)c1C(=O)N1CCC(=O)N(CC2CC2)C(C(C)C)C1. The van der Waals surface area contributed by atoms with Crippen LogP contribution in [0.4, 0.5) is 0 Å². The van der Waals surface area contributed by atoms with Crippen LogP contribution in [0.2, 0.25) is 0 Å². The number of amides is 2. The molecule has 1 saturated heterocycles. The Morgan fingerprint density at radius 3 is 2.68 bits per heavy atom. The highest BCUT2D eigenvalue weighted by Gasteiger charge is 2.37. The number of hydrogen-bond donors (Lipinski definition) is 0. The van der Waals surface area contributed by atoms with Gasteiger partial charge in [-0.2, -0.15) is 0 Å². The highest BCUT2D eigenvalue weighted by atomic mass is 16.5. The molecule has 2 heterocycles. The quantitative estimate of drug-likeness (QED) is 0.821. The maximum Gasteiger partial charge on any atom is 0.259 e. The van der Waals surface area contributed by atoms with Gasteiger partial charge >= 0.3 is 0 Å². The molecule has 0 aromatic carbocycles. The zero-order valence-electron chi connectivity index (χ0n) is 15.7. The van der Waals surface area contributed by atoms with E-state index in [4.69, 9.17) is 4.52 Å². The molecule has 2 fully saturated rings. The van der Waals surface area contributed by atoms with Crippen molar-refractivity contribution in [2.45, 2.75) is 59.4 Å². The fourth-order valence-electron chi connectivity index (χ4n) is 3.64. The monoisotopic (exact) mass is 347 g/mol. The fourth-order valence-corrected chi connectivity index (χ4v) is 3.64. The molecule has 1 aliphatic heterocycles. The molecule has 1 unspecified atom stereocenters. The predicted molar refractivity (Wildman–Crippen MR) is 94.2 cm³/mol. The molecule has 1 saturated carbocycles. The Bertz CT molecular complexity index is 648. The van der Waals surface area contributed by atoms with Gasteiger partial charge in [0.2, 0.25) is 5.91 Å². The van der Waals surface area contributed by atoms with E-state index in [0.717, 1.165) is 6.54 Å². The molecule has 6 heteroatoms. The van der Waals surface area contributed by atoms with Gasteiger partial charge in [0.1, 0.15) is 11.3 Å². The third-order valence-corrected chi connectivity index (χ3v) is 5.41. The zero-order valence-corrected chi connectivity index (χ0v) is 15.7. The summed E-state index contributed by atoms with van der Waals surface area (Å²) in [5.74, 6) is 1.65. The van der Waals surface area contributed by atoms with E-state index in [1.54, 1.807) is 6.92 Å². The normalized spacial score (nSPS) is 21.8. The van der Waals surface area contributed by atoms with Gasteiger partial charge in [-0.05, 0) is 38.0 Å². The molecule has 0 spiro atoms. The molecule has 0 radical (unpaired) electrons. The van der Waals surface area contributed by atoms with E-state index in [2.05, 4.69) is 19.0 Å². The van der Waals surface area contributed by atoms with Gasteiger partial charge < -0.3 is 14.3 Å². The average molecular weight is 347 g/mol. The third kappa shape index (κ3) is 3.72. The van der Waals surface area contributed by atoms with Crippen molar-refractivity contribution < 1.29 is 14.1 Å². The predicted octanol–water partition coefficient (Wildman–Crippen LogP) is 2.65. The topological polar surface area (TPSA) is 66.7 Å². The number of nitrogens with zero attached hydrogens (tertiary/aromatic N) is 3. The second-order valence-electron chi connectivity index (χ2n) is 7.72. The Morgan fingerprint density at radius 1 is 1.36 bits per heavy atom. The van der Waals surface area contributed by atoms with Crippen molar-refractivity contribution in [2.75, 3.05) is 19.6 Å². The molecular weight excluding hydrogens is 318 g/mol. The lowest BCUT2D eigenvalue weighted by Gasteiger charge is -2.34. The van der Waals surface area contributed by atoms with E-state index in [9.17, 15) is 9.59 Å². The van der Waals surface area contributed by atoms with Crippen molar-refractivity contribution in [3.63, 3.8) is 0 Å². The van der Waals surface area contributed by atoms with Crippen LogP contribution >= 0.6 is 0 Å². The molecule has 25 heavy (non-hydrogen) atoms. The van der Waals surface area contributed by atoms with E-state index >= 15 is 0 Å².